The van der Waals surface area contributed by atoms with Crippen LogP contribution in [0.2, 0.25) is 0 Å². The normalized spacial score (nSPS) is 10.9. The zero-order chi connectivity index (χ0) is 12.5. The molecule has 0 bridgehead atoms. The first-order valence-electron chi connectivity index (χ1n) is 5.02. The van der Waals surface area contributed by atoms with Crippen molar-refractivity contribution in [2.45, 2.75) is 9.24 Å². The summed E-state index contributed by atoms with van der Waals surface area (Å²) in [5.41, 5.74) is 9.30. The number of halogens is 1. The molecular formula is C11H7BrN4S2. The number of aromatic nitrogens is 3. The number of benzene rings is 1. The molecule has 0 aliphatic heterocycles. The Hall–Kier alpha value is -1.18. The number of hydrogen-bond donors (Lipinski definition) is 1. The van der Waals surface area contributed by atoms with E-state index in [-0.39, 0.29) is 0 Å². The third-order valence-corrected chi connectivity index (χ3v) is 4.61. The lowest BCUT2D eigenvalue weighted by molar-refractivity contribution is 1.01. The monoisotopic (exact) mass is 338 g/mol. The largest absolute Gasteiger partial charge is 0.398 e. The summed E-state index contributed by atoms with van der Waals surface area (Å²) < 4.78 is 1.81. The highest BCUT2D eigenvalue weighted by molar-refractivity contribution is 9.10. The fourth-order valence-electron chi connectivity index (χ4n) is 1.57. The van der Waals surface area contributed by atoms with Gasteiger partial charge in [-0.3, -0.25) is 4.98 Å². The maximum absolute atomic E-state index is 5.97. The lowest BCUT2D eigenvalue weighted by Gasteiger charge is -2.06. The fourth-order valence-corrected chi connectivity index (χ4v) is 3.45. The second-order valence-corrected chi connectivity index (χ2v) is 6.55. The van der Waals surface area contributed by atoms with E-state index < -0.39 is 0 Å². The molecule has 0 saturated heterocycles. The van der Waals surface area contributed by atoms with Gasteiger partial charge in [0.2, 0.25) is 0 Å². The van der Waals surface area contributed by atoms with Crippen molar-refractivity contribution in [1.82, 2.24) is 15.2 Å². The number of pyridine rings is 1. The third kappa shape index (κ3) is 2.21. The van der Waals surface area contributed by atoms with Gasteiger partial charge in [-0.15, -0.1) is 10.2 Å². The molecule has 0 spiro atoms. The van der Waals surface area contributed by atoms with E-state index in [0.29, 0.717) is 0 Å². The van der Waals surface area contributed by atoms with Crippen molar-refractivity contribution in [2.24, 2.45) is 0 Å². The second kappa shape index (κ2) is 4.83. The molecule has 1 aromatic carbocycles. The standard InChI is InChI=1S/C11H7BrN4S2/c12-6-3-7-8(13)1-2-9(10(7)14-4-6)18-11-16-15-5-17-11/h1-5H,13H2. The first kappa shape index (κ1) is 11.9. The van der Waals surface area contributed by atoms with Crippen LogP contribution in [0.3, 0.4) is 0 Å². The molecule has 3 rings (SSSR count). The molecule has 0 aliphatic rings. The van der Waals surface area contributed by atoms with Crippen molar-refractivity contribution in [3.05, 3.63) is 34.4 Å². The maximum atomic E-state index is 5.97. The molecule has 2 N–H and O–H groups in total. The number of nitrogens with two attached hydrogens (primary N) is 1. The molecule has 18 heavy (non-hydrogen) atoms. The highest BCUT2D eigenvalue weighted by Crippen LogP contribution is 2.35. The molecule has 2 heterocycles. The number of anilines is 1. The Bertz CT molecular complexity index is 700. The van der Waals surface area contributed by atoms with Crippen LogP contribution in [-0.4, -0.2) is 15.2 Å². The second-order valence-electron chi connectivity index (χ2n) is 3.51. The molecule has 0 atom stereocenters. The van der Waals surface area contributed by atoms with Gasteiger partial charge in [0.15, 0.2) is 4.34 Å². The van der Waals surface area contributed by atoms with Crippen LogP contribution in [0.1, 0.15) is 0 Å². The average Bonchev–Trinajstić information content (AvgIpc) is 2.86. The summed E-state index contributed by atoms with van der Waals surface area (Å²) in [6.07, 6.45) is 1.77. The van der Waals surface area contributed by atoms with E-state index >= 15 is 0 Å². The summed E-state index contributed by atoms with van der Waals surface area (Å²) in [7, 11) is 0. The topological polar surface area (TPSA) is 64.7 Å². The van der Waals surface area contributed by atoms with Crippen molar-refractivity contribution >= 4 is 55.6 Å². The zero-order valence-corrected chi connectivity index (χ0v) is 12.2. The van der Waals surface area contributed by atoms with Crippen molar-refractivity contribution < 1.29 is 0 Å². The van der Waals surface area contributed by atoms with Gasteiger partial charge in [0.25, 0.3) is 0 Å². The Morgan fingerprint density at radius 1 is 1.33 bits per heavy atom. The van der Waals surface area contributed by atoms with Crippen LogP contribution >= 0.6 is 39.0 Å². The van der Waals surface area contributed by atoms with E-state index in [4.69, 9.17) is 5.73 Å². The summed E-state index contributed by atoms with van der Waals surface area (Å²) in [5.74, 6) is 0. The maximum Gasteiger partial charge on any atom is 0.178 e. The van der Waals surface area contributed by atoms with Gasteiger partial charge in [-0.05, 0) is 34.1 Å². The first-order chi connectivity index (χ1) is 8.74. The summed E-state index contributed by atoms with van der Waals surface area (Å²) >= 11 is 6.46. The van der Waals surface area contributed by atoms with Gasteiger partial charge in [-0.2, -0.15) is 0 Å². The molecule has 90 valence electrons. The number of hydrogen-bond acceptors (Lipinski definition) is 6. The van der Waals surface area contributed by atoms with Gasteiger partial charge >= 0.3 is 0 Å². The van der Waals surface area contributed by atoms with Gasteiger partial charge in [0, 0.05) is 26.6 Å². The van der Waals surface area contributed by atoms with E-state index in [2.05, 4.69) is 31.1 Å². The Kier molecular flexibility index (Phi) is 3.19. The van der Waals surface area contributed by atoms with Gasteiger partial charge in [-0.1, -0.05) is 23.1 Å². The highest BCUT2D eigenvalue weighted by Gasteiger charge is 2.09. The Balaban J connectivity index is 2.15. The van der Waals surface area contributed by atoms with E-state index in [1.165, 1.54) is 11.3 Å². The van der Waals surface area contributed by atoms with Gasteiger partial charge < -0.3 is 5.73 Å². The van der Waals surface area contributed by atoms with Crippen LogP contribution in [-0.2, 0) is 0 Å². The SMILES string of the molecule is Nc1ccc(Sc2nncs2)c2ncc(Br)cc12. The minimum Gasteiger partial charge on any atom is -0.398 e. The number of nitrogens with zero attached hydrogens (tertiary/aromatic N) is 3. The quantitative estimate of drug-likeness (QED) is 0.723. The minimum atomic E-state index is 0.723. The highest BCUT2D eigenvalue weighted by atomic mass is 79.9. The number of fused-ring (bicyclic) bond motifs is 1. The zero-order valence-electron chi connectivity index (χ0n) is 9.00. The molecule has 3 aromatic rings. The number of rotatable bonds is 2. The molecule has 2 aromatic heterocycles. The summed E-state index contributed by atoms with van der Waals surface area (Å²) in [5, 5.41) is 8.79. The van der Waals surface area contributed by atoms with Crippen molar-refractivity contribution in [1.29, 1.82) is 0 Å². The molecule has 0 saturated carbocycles. The van der Waals surface area contributed by atoms with E-state index in [1.807, 2.05) is 18.2 Å². The van der Waals surface area contributed by atoms with Crippen LogP contribution in [0.4, 0.5) is 5.69 Å². The first-order valence-corrected chi connectivity index (χ1v) is 7.51. The summed E-state index contributed by atoms with van der Waals surface area (Å²) in [4.78, 5) is 5.46. The lowest BCUT2D eigenvalue weighted by atomic mass is 10.2. The Morgan fingerprint density at radius 3 is 3.00 bits per heavy atom. The van der Waals surface area contributed by atoms with E-state index in [9.17, 15) is 0 Å². The predicted molar refractivity (Wildman–Crippen MR) is 77.9 cm³/mol. The lowest BCUT2D eigenvalue weighted by Crippen LogP contribution is -1.90. The van der Waals surface area contributed by atoms with Crippen molar-refractivity contribution in [2.75, 3.05) is 5.73 Å². The average molecular weight is 339 g/mol. The van der Waals surface area contributed by atoms with Gasteiger partial charge in [0.1, 0.15) is 5.51 Å². The van der Waals surface area contributed by atoms with Crippen LogP contribution in [0.5, 0.6) is 0 Å². The molecule has 4 nitrogen and oxygen atoms in total. The van der Waals surface area contributed by atoms with Crippen LogP contribution in [0, 0.1) is 0 Å². The van der Waals surface area contributed by atoms with Crippen molar-refractivity contribution in [3.63, 3.8) is 0 Å². The Morgan fingerprint density at radius 2 is 2.22 bits per heavy atom. The summed E-state index contributed by atoms with van der Waals surface area (Å²) in [6, 6.07) is 5.83. The molecule has 0 fully saturated rings. The number of nitrogen functional groups attached to an aromatic ring is 1. The van der Waals surface area contributed by atoms with Gasteiger partial charge in [-0.25, -0.2) is 0 Å². The van der Waals surface area contributed by atoms with Crippen molar-refractivity contribution in [3.8, 4) is 0 Å². The molecule has 0 unspecified atom stereocenters. The Labute approximate surface area is 120 Å². The van der Waals surface area contributed by atoms with Crippen LogP contribution < -0.4 is 5.73 Å². The fraction of sp³-hybridized carbons (Fsp3) is 0. The van der Waals surface area contributed by atoms with E-state index in [0.717, 1.165) is 30.3 Å². The molecule has 0 radical (unpaired) electrons. The minimum absolute atomic E-state index is 0.723. The molecule has 7 heteroatoms. The molecular weight excluding hydrogens is 332 g/mol. The van der Waals surface area contributed by atoms with Crippen LogP contribution in [0.25, 0.3) is 10.9 Å². The van der Waals surface area contributed by atoms with Gasteiger partial charge in [0.05, 0.1) is 5.52 Å². The molecule has 0 amide bonds. The summed E-state index contributed by atoms with van der Waals surface area (Å²) in [6.45, 7) is 0. The van der Waals surface area contributed by atoms with Crippen LogP contribution in [0.15, 0.2) is 43.6 Å². The predicted octanol–water partition coefficient (Wildman–Crippen LogP) is 3.58. The van der Waals surface area contributed by atoms with E-state index in [1.54, 1.807) is 23.5 Å². The molecule has 0 aliphatic carbocycles. The smallest absolute Gasteiger partial charge is 0.178 e. The third-order valence-electron chi connectivity index (χ3n) is 2.35.